The highest BCUT2D eigenvalue weighted by Crippen LogP contribution is 2.30. The number of methoxy groups -OCH3 is 1. The van der Waals surface area contributed by atoms with Crippen LogP contribution >= 0.6 is 0 Å². The monoisotopic (exact) mass is 296 g/mol. The first-order valence-corrected chi connectivity index (χ1v) is 6.54. The van der Waals surface area contributed by atoms with E-state index < -0.39 is 23.4 Å². The number of aliphatic carboxylic acids is 1. The first kappa shape index (κ1) is 15.1. The van der Waals surface area contributed by atoms with Crippen molar-refractivity contribution < 1.29 is 23.8 Å². The fraction of sp³-hybridized carbons (Fsp3) is 0.429. The maximum Gasteiger partial charge on any atom is 0.329 e. The van der Waals surface area contributed by atoms with Gasteiger partial charge in [-0.05, 0) is 31.9 Å². The maximum atomic E-state index is 13.6. The van der Waals surface area contributed by atoms with Crippen molar-refractivity contribution in [1.29, 1.82) is 0 Å². The highest BCUT2D eigenvalue weighted by atomic mass is 19.1. The first-order chi connectivity index (χ1) is 9.88. The summed E-state index contributed by atoms with van der Waals surface area (Å²) in [5, 5.41) is 11.8. The second kappa shape index (κ2) is 5.59. The number of halogens is 1. The fourth-order valence-electron chi connectivity index (χ4n) is 2.45. The summed E-state index contributed by atoms with van der Waals surface area (Å²) in [6, 6.07) is 3.46. The van der Waals surface area contributed by atoms with Crippen LogP contribution in [0.4, 0.5) is 14.9 Å². The lowest BCUT2D eigenvalue weighted by Crippen LogP contribution is -2.52. The van der Waals surface area contributed by atoms with Crippen LogP contribution in [0.15, 0.2) is 18.2 Å². The van der Waals surface area contributed by atoms with Crippen molar-refractivity contribution in [3.05, 3.63) is 24.0 Å². The third-order valence-electron chi connectivity index (χ3n) is 3.75. The zero-order chi connectivity index (χ0) is 15.6. The molecule has 2 amide bonds. The lowest BCUT2D eigenvalue weighted by molar-refractivity contribution is -0.146. The van der Waals surface area contributed by atoms with Crippen LogP contribution in [0.5, 0.6) is 5.75 Å². The van der Waals surface area contributed by atoms with Gasteiger partial charge in [0.25, 0.3) is 0 Å². The molecular formula is C14H17FN2O4. The maximum absolute atomic E-state index is 13.6. The normalized spacial score (nSPS) is 21.2. The molecule has 2 rings (SSSR count). The minimum absolute atomic E-state index is 0.0737. The largest absolute Gasteiger partial charge is 0.494 e. The summed E-state index contributed by atoms with van der Waals surface area (Å²) in [5.74, 6) is -1.57. The predicted octanol–water partition coefficient (Wildman–Crippen LogP) is 2.31. The Bertz CT molecular complexity index is 578. The van der Waals surface area contributed by atoms with Crippen LogP contribution in [0, 0.1) is 5.82 Å². The second-order valence-corrected chi connectivity index (χ2v) is 5.11. The predicted molar refractivity (Wildman–Crippen MR) is 74.0 cm³/mol. The van der Waals surface area contributed by atoms with E-state index in [9.17, 15) is 19.1 Å². The van der Waals surface area contributed by atoms with Crippen molar-refractivity contribution in [2.24, 2.45) is 0 Å². The quantitative estimate of drug-likeness (QED) is 0.897. The van der Waals surface area contributed by atoms with Gasteiger partial charge < -0.3 is 20.1 Å². The number of carbonyl (C=O) groups excluding carboxylic acids is 1. The third-order valence-corrected chi connectivity index (χ3v) is 3.75. The first-order valence-electron chi connectivity index (χ1n) is 6.54. The van der Waals surface area contributed by atoms with Crippen molar-refractivity contribution in [2.75, 3.05) is 19.0 Å². The van der Waals surface area contributed by atoms with Gasteiger partial charge in [-0.1, -0.05) is 0 Å². The Morgan fingerprint density at radius 3 is 2.76 bits per heavy atom. The summed E-state index contributed by atoms with van der Waals surface area (Å²) in [6.07, 6.45) is 1.01. The molecule has 114 valence electrons. The minimum Gasteiger partial charge on any atom is -0.494 e. The number of hydrogen-bond acceptors (Lipinski definition) is 3. The molecule has 0 bridgehead atoms. The second-order valence-electron chi connectivity index (χ2n) is 5.11. The lowest BCUT2D eigenvalue weighted by Gasteiger charge is -2.31. The van der Waals surface area contributed by atoms with Gasteiger partial charge in [0.15, 0.2) is 11.6 Å². The standard InChI is InChI=1S/C14H17FN2O4/c1-14(12(18)19)6-3-7-17(14)13(20)16-9-4-5-11(21-2)10(15)8-9/h4-5,8H,3,6-7H2,1-2H3,(H,16,20)(H,18,19). The van der Waals surface area contributed by atoms with Crippen LogP contribution in [0.1, 0.15) is 19.8 Å². The molecule has 2 N–H and O–H groups in total. The van der Waals surface area contributed by atoms with Gasteiger partial charge in [0.2, 0.25) is 0 Å². The van der Waals surface area contributed by atoms with Crippen molar-refractivity contribution in [3.63, 3.8) is 0 Å². The highest BCUT2D eigenvalue weighted by molar-refractivity contribution is 5.94. The molecular weight excluding hydrogens is 279 g/mol. The van der Waals surface area contributed by atoms with E-state index in [4.69, 9.17) is 4.74 Å². The molecule has 1 aromatic rings. The van der Waals surface area contributed by atoms with Gasteiger partial charge in [0.1, 0.15) is 5.54 Å². The zero-order valence-electron chi connectivity index (χ0n) is 11.9. The Morgan fingerprint density at radius 1 is 1.48 bits per heavy atom. The molecule has 1 fully saturated rings. The number of hydrogen-bond donors (Lipinski definition) is 2. The Balaban J connectivity index is 2.14. The molecule has 0 spiro atoms. The Hall–Kier alpha value is -2.31. The van der Waals surface area contributed by atoms with Crippen molar-refractivity contribution >= 4 is 17.7 Å². The van der Waals surface area contributed by atoms with E-state index in [1.54, 1.807) is 0 Å². The van der Waals surface area contributed by atoms with E-state index in [0.717, 1.165) is 6.07 Å². The van der Waals surface area contributed by atoms with Crippen LogP contribution in [-0.4, -0.2) is 41.2 Å². The van der Waals surface area contributed by atoms with Gasteiger partial charge in [-0.15, -0.1) is 0 Å². The molecule has 0 aliphatic carbocycles. The number of ether oxygens (including phenoxy) is 1. The van der Waals surface area contributed by atoms with Crippen LogP contribution in [0.25, 0.3) is 0 Å². The van der Waals surface area contributed by atoms with E-state index in [-0.39, 0.29) is 11.4 Å². The number of carboxylic acid groups (broad SMARTS) is 1. The summed E-state index contributed by atoms with van der Waals surface area (Å²) >= 11 is 0. The number of urea groups is 1. The van der Waals surface area contributed by atoms with Crippen LogP contribution in [0.2, 0.25) is 0 Å². The summed E-state index contributed by atoms with van der Waals surface area (Å²) in [6.45, 7) is 1.86. The van der Waals surface area contributed by atoms with Gasteiger partial charge in [-0.25, -0.2) is 14.0 Å². The molecule has 21 heavy (non-hydrogen) atoms. The molecule has 1 aliphatic rings. The molecule has 1 atom stereocenters. The highest BCUT2D eigenvalue weighted by Gasteiger charge is 2.46. The molecule has 0 radical (unpaired) electrons. The Kier molecular flexibility index (Phi) is 4.02. The Labute approximate surface area is 121 Å². The zero-order valence-corrected chi connectivity index (χ0v) is 11.9. The SMILES string of the molecule is COc1ccc(NC(=O)N2CCCC2(C)C(=O)O)cc1F. The Morgan fingerprint density at radius 2 is 2.19 bits per heavy atom. The molecule has 0 aromatic heterocycles. The summed E-state index contributed by atoms with van der Waals surface area (Å²) in [7, 11) is 1.35. The number of rotatable bonds is 3. The molecule has 1 saturated heterocycles. The number of nitrogens with zero attached hydrogens (tertiary/aromatic N) is 1. The average molecular weight is 296 g/mol. The van der Waals surface area contributed by atoms with E-state index in [2.05, 4.69) is 5.32 Å². The molecule has 1 heterocycles. The van der Waals surface area contributed by atoms with Crippen molar-refractivity contribution in [3.8, 4) is 5.75 Å². The van der Waals surface area contributed by atoms with E-state index in [1.807, 2.05) is 0 Å². The fourth-order valence-corrected chi connectivity index (χ4v) is 2.45. The number of carboxylic acids is 1. The van der Waals surface area contributed by atoms with Gasteiger partial charge in [-0.2, -0.15) is 0 Å². The van der Waals surface area contributed by atoms with Gasteiger partial charge in [0, 0.05) is 18.3 Å². The van der Waals surface area contributed by atoms with Crippen molar-refractivity contribution in [2.45, 2.75) is 25.3 Å². The summed E-state index contributed by atoms with van der Waals surface area (Å²) in [4.78, 5) is 24.8. The molecule has 7 heteroatoms. The molecule has 1 unspecified atom stereocenters. The molecule has 0 saturated carbocycles. The van der Waals surface area contributed by atoms with Crippen LogP contribution in [0.3, 0.4) is 0 Å². The van der Waals surface area contributed by atoms with Gasteiger partial charge >= 0.3 is 12.0 Å². The third kappa shape index (κ3) is 2.76. The smallest absolute Gasteiger partial charge is 0.329 e. The molecule has 1 aromatic carbocycles. The topological polar surface area (TPSA) is 78.9 Å². The van der Waals surface area contributed by atoms with Crippen LogP contribution in [-0.2, 0) is 4.79 Å². The van der Waals surface area contributed by atoms with Crippen molar-refractivity contribution in [1.82, 2.24) is 4.90 Å². The molecule has 1 aliphatic heterocycles. The number of amides is 2. The number of benzene rings is 1. The lowest BCUT2D eigenvalue weighted by atomic mass is 10.00. The number of anilines is 1. The van der Waals surface area contributed by atoms with E-state index >= 15 is 0 Å². The average Bonchev–Trinajstić information content (AvgIpc) is 2.82. The van der Waals surface area contributed by atoms with Gasteiger partial charge in [-0.3, -0.25) is 0 Å². The minimum atomic E-state index is -1.23. The van der Waals surface area contributed by atoms with E-state index in [1.165, 1.54) is 31.1 Å². The van der Waals surface area contributed by atoms with Crippen LogP contribution < -0.4 is 10.1 Å². The number of likely N-dealkylation sites (tertiary alicyclic amines) is 1. The number of carbonyl (C=O) groups is 2. The van der Waals surface area contributed by atoms with Gasteiger partial charge in [0.05, 0.1) is 7.11 Å². The summed E-state index contributed by atoms with van der Waals surface area (Å²) in [5.41, 5.74) is -0.979. The summed E-state index contributed by atoms with van der Waals surface area (Å²) < 4.78 is 18.4. The van der Waals surface area contributed by atoms with E-state index in [0.29, 0.717) is 19.4 Å². The number of nitrogens with one attached hydrogen (secondary N) is 1. The molecule has 6 nitrogen and oxygen atoms in total.